The Balaban J connectivity index is 1.10. The summed E-state index contributed by atoms with van der Waals surface area (Å²) in [5.41, 5.74) is 7.75. The summed E-state index contributed by atoms with van der Waals surface area (Å²) in [6.45, 7) is 4.36. The lowest BCUT2D eigenvalue weighted by Crippen LogP contribution is -2.03. The van der Waals surface area contributed by atoms with E-state index >= 15 is 0 Å². The van der Waals surface area contributed by atoms with Crippen LogP contribution in [0.1, 0.15) is 37.8 Å². The van der Waals surface area contributed by atoms with Crippen LogP contribution in [0.4, 0.5) is 0 Å². The number of rotatable bonds is 7. The van der Waals surface area contributed by atoms with Crippen LogP contribution >= 0.6 is 0 Å². The van der Waals surface area contributed by atoms with Crippen LogP contribution in [-0.2, 0) is 12.8 Å². The molecule has 0 N–H and O–H groups in total. The zero-order valence-corrected chi connectivity index (χ0v) is 27.0. The second-order valence-corrected chi connectivity index (χ2v) is 12.6. The van der Waals surface area contributed by atoms with Crippen molar-refractivity contribution in [3.8, 4) is 33.4 Å². The predicted molar refractivity (Wildman–Crippen MR) is 198 cm³/mol. The van der Waals surface area contributed by atoms with E-state index in [1.54, 1.807) is 0 Å². The first kappa shape index (κ1) is 29.6. The van der Waals surface area contributed by atoms with Crippen LogP contribution in [0.15, 0.2) is 140 Å². The van der Waals surface area contributed by atoms with Crippen LogP contribution in [0, 0.1) is 0 Å². The van der Waals surface area contributed by atoms with Crippen LogP contribution in [-0.4, -0.2) is 0 Å². The van der Waals surface area contributed by atoms with Gasteiger partial charge in [-0.1, -0.05) is 124 Å². The predicted octanol–water partition coefficient (Wildman–Crippen LogP) is 11.1. The molecular formula is C44H34O4. The van der Waals surface area contributed by atoms with Gasteiger partial charge < -0.3 is 8.83 Å². The lowest BCUT2D eigenvalue weighted by molar-refractivity contribution is 0.563. The van der Waals surface area contributed by atoms with Crippen molar-refractivity contribution in [1.82, 2.24) is 0 Å². The van der Waals surface area contributed by atoms with Crippen LogP contribution < -0.4 is 11.3 Å². The minimum Gasteiger partial charge on any atom is -0.422 e. The molecule has 8 aromatic rings. The van der Waals surface area contributed by atoms with Crippen LogP contribution in [0.5, 0.6) is 0 Å². The summed E-state index contributed by atoms with van der Waals surface area (Å²) in [5.74, 6) is 0. The van der Waals surface area contributed by atoms with Crippen LogP contribution in [0.3, 0.4) is 0 Å². The first-order valence-electron chi connectivity index (χ1n) is 16.7. The lowest BCUT2D eigenvalue weighted by Gasteiger charge is -2.09. The van der Waals surface area contributed by atoms with E-state index in [0.29, 0.717) is 22.3 Å². The van der Waals surface area contributed by atoms with E-state index in [9.17, 15) is 9.59 Å². The molecule has 0 radical (unpaired) electrons. The quantitative estimate of drug-likeness (QED) is 0.130. The highest BCUT2D eigenvalue weighted by Crippen LogP contribution is 2.32. The Morgan fingerprint density at radius 2 is 0.812 bits per heavy atom. The van der Waals surface area contributed by atoms with Gasteiger partial charge in [-0.25, -0.2) is 9.59 Å². The van der Waals surface area contributed by atoms with Crippen molar-refractivity contribution in [2.45, 2.75) is 39.5 Å². The van der Waals surface area contributed by atoms with E-state index < -0.39 is 0 Å². The lowest BCUT2D eigenvalue weighted by atomic mass is 9.96. The van der Waals surface area contributed by atoms with Crippen molar-refractivity contribution >= 4 is 43.5 Å². The molecule has 2 aromatic heterocycles. The molecule has 48 heavy (non-hydrogen) atoms. The van der Waals surface area contributed by atoms with Crippen molar-refractivity contribution in [2.24, 2.45) is 0 Å². The van der Waals surface area contributed by atoms with Gasteiger partial charge in [0.05, 0.1) is 11.1 Å². The van der Waals surface area contributed by atoms with Gasteiger partial charge >= 0.3 is 11.3 Å². The Morgan fingerprint density at radius 3 is 1.21 bits per heavy atom. The summed E-state index contributed by atoms with van der Waals surface area (Å²) in [6, 6.07) is 40.6. The first-order chi connectivity index (χ1) is 23.5. The summed E-state index contributed by atoms with van der Waals surface area (Å²) in [4.78, 5) is 26.1. The highest BCUT2D eigenvalue weighted by atomic mass is 16.4. The number of fused-ring (bicyclic) bond motifs is 6. The minimum absolute atomic E-state index is 0.357. The molecule has 0 aliphatic rings. The zero-order valence-electron chi connectivity index (χ0n) is 27.0. The Hall–Kier alpha value is -5.74. The minimum atomic E-state index is -0.357. The maximum atomic E-state index is 13.1. The number of hydrogen-bond donors (Lipinski definition) is 0. The Morgan fingerprint density at radius 1 is 0.417 bits per heavy atom. The molecule has 0 fully saturated rings. The summed E-state index contributed by atoms with van der Waals surface area (Å²) >= 11 is 0. The number of hydrogen-bond acceptors (Lipinski definition) is 4. The van der Waals surface area contributed by atoms with E-state index in [0.717, 1.165) is 80.3 Å². The molecule has 0 saturated heterocycles. The van der Waals surface area contributed by atoms with Gasteiger partial charge in [0.15, 0.2) is 0 Å². The summed E-state index contributed by atoms with van der Waals surface area (Å²) < 4.78 is 11.6. The fourth-order valence-electron chi connectivity index (χ4n) is 6.93. The van der Waals surface area contributed by atoms with Gasteiger partial charge in [0.2, 0.25) is 0 Å². The molecule has 0 aliphatic carbocycles. The van der Waals surface area contributed by atoms with E-state index in [4.69, 9.17) is 8.83 Å². The van der Waals surface area contributed by atoms with Gasteiger partial charge in [0.25, 0.3) is 0 Å². The first-order valence-corrected chi connectivity index (χ1v) is 16.7. The summed E-state index contributed by atoms with van der Waals surface area (Å²) in [5, 5.41) is 6.28. The van der Waals surface area contributed by atoms with E-state index in [1.807, 2.05) is 84.9 Å². The fraction of sp³-hybridized carbons (Fsp3) is 0.136. The molecule has 6 aromatic carbocycles. The van der Waals surface area contributed by atoms with Crippen LogP contribution in [0.25, 0.3) is 76.9 Å². The fourth-order valence-corrected chi connectivity index (χ4v) is 6.93. The monoisotopic (exact) mass is 626 g/mol. The van der Waals surface area contributed by atoms with Gasteiger partial charge in [0, 0.05) is 10.8 Å². The number of aryl methyl sites for hydroxylation is 2. The second-order valence-electron chi connectivity index (χ2n) is 12.6. The van der Waals surface area contributed by atoms with Gasteiger partial charge in [-0.3, -0.25) is 0 Å². The highest BCUT2D eigenvalue weighted by Gasteiger charge is 2.13. The molecule has 2 heterocycles. The molecule has 0 aliphatic heterocycles. The van der Waals surface area contributed by atoms with Crippen molar-refractivity contribution < 1.29 is 8.83 Å². The Bertz CT molecular complexity index is 2420. The third-order valence-corrected chi connectivity index (χ3v) is 9.40. The third-order valence-electron chi connectivity index (χ3n) is 9.40. The topological polar surface area (TPSA) is 60.4 Å². The van der Waals surface area contributed by atoms with Gasteiger partial charge in [-0.05, 0) is 92.0 Å². The summed E-state index contributed by atoms with van der Waals surface area (Å²) in [7, 11) is 0. The average Bonchev–Trinajstić information content (AvgIpc) is 3.11. The van der Waals surface area contributed by atoms with E-state index in [2.05, 4.69) is 50.2 Å². The Kier molecular flexibility index (Phi) is 7.49. The van der Waals surface area contributed by atoms with Crippen molar-refractivity contribution in [2.75, 3.05) is 0 Å². The third kappa shape index (κ3) is 5.29. The van der Waals surface area contributed by atoms with Gasteiger partial charge in [-0.2, -0.15) is 0 Å². The maximum absolute atomic E-state index is 13.1. The molecule has 0 saturated carbocycles. The molecule has 0 unspecified atom stereocenters. The largest absolute Gasteiger partial charge is 0.422 e. The van der Waals surface area contributed by atoms with Crippen molar-refractivity contribution in [3.05, 3.63) is 153 Å². The Labute approximate surface area is 277 Å². The average molecular weight is 627 g/mol. The normalized spacial score (nSPS) is 11.6. The van der Waals surface area contributed by atoms with Crippen molar-refractivity contribution in [3.63, 3.8) is 0 Å². The molecule has 4 heteroatoms. The van der Waals surface area contributed by atoms with Crippen molar-refractivity contribution in [1.29, 1.82) is 0 Å². The van der Waals surface area contributed by atoms with E-state index in [1.165, 1.54) is 11.1 Å². The second kappa shape index (κ2) is 12.1. The highest BCUT2D eigenvalue weighted by molar-refractivity contribution is 6.07. The molecule has 0 amide bonds. The molecule has 234 valence electrons. The van der Waals surface area contributed by atoms with E-state index in [-0.39, 0.29) is 11.3 Å². The van der Waals surface area contributed by atoms with Crippen LogP contribution in [0.2, 0.25) is 0 Å². The molecule has 8 rings (SSSR count). The standard InChI is InChI=1S/C44H34O4/c1-3-5-27-7-19-35-33(23-27)17-21-41-39(35)25-37(43(45)47-41)31-13-9-29(10-14-31)30-11-15-32(16-12-30)38-26-40-36-20-8-28(6-4-2)24-34(36)18-22-42(40)48-44(38)46/h7-26H,3-6H2,1-2H3. The molecule has 4 nitrogen and oxygen atoms in total. The SMILES string of the molecule is CCCc1ccc2c(ccc3oc(=O)c(-c4ccc(-c5ccc(-c6cc7c(ccc8cc(CCC)ccc87)oc6=O)cc5)cc4)cc32)c1. The molecule has 0 atom stereocenters. The molecule has 0 bridgehead atoms. The molecular weight excluding hydrogens is 592 g/mol. The number of benzene rings is 6. The van der Waals surface area contributed by atoms with Gasteiger partial charge in [-0.15, -0.1) is 0 Å². The maximum Gasteiger partial charge on any atom is 0.344 e. The smallest absolute Gasteiger partial charge is 0.344 e. The van der Waals surface area contributed by atoms with Gasteiger partial charge in [0.1, 0.15) is 11.2 Å². The molecule has 0 spiro atoms. The zero-order chi connectivity index (χ0) is 32.8. The summed E-state index contributed by atoms with van der Waals surface area (Å²) in [6.07, 6.45) is 4.26.